The fourth-order valence-electron chi connectivity index (χ4n) is 4.33. The molecule has 2 heterocycles. The van der Waals surface area contributed by atoms with Gasteiger partial charge in [-0.1, -0.05) is 36.4 Å². The lowest BCUT2D eigenvalue weighted by Crippen LogP contribution is -2.40. The molecule has 2 fully saturated rings. The number of hydrogen-bond acceptors (Lipinski definition) is 3. The van der Waals surface area contributed by atoms with Crippen LogP contribution in [-0.2, 0) is 16.1 Å². The van der Waals surface area contributed by atoms with Crippen LogP contribution in [-0.4, -0.2) is 34.8 Å². The third-order valence-electron chi connectivity index (χ3n) is 6.24. The summed E-state index contributed by atoms with van der Waals surface area (Å²) in [5.41, 5.74) is 2.40. The van der Waals surface area contributed by atoms with Crippen LogP contribution >= 0.6 is 0 Å². The number of aromatic nitrogens is 1. The van der Waals surface area contributed by atoms with Crippen molar-refractivity contribution in [2.24, 2.45) is 11.3 Å². The number of rotatable bonds is 5. The smallest absolute Gasteiger partial charge is 0.282 e. The van der Waals surface area contributed by atoms with E-state index < -0.39 is 11.7 Å². The number of pyridine rings is 1. The first-order valence-electron chi connectivity index (χ1n) is 10.4. The lowest BCUT2D eigenvalue weighted by molar-refractivity contribution is -0.130. The Kier molecular flexibility index (Phi) is 5.66. The van der Waals surface area contributed by atoms with E-state index >= 15 is 0 Å². The molecule has 1 atom stereocenters. The van der Waals surface area contributed by atoms with Crippen molar-refractivity contribution in [1.82, 2.24) is 15.2 Å². The number of likely N-dealkylation sites (tertiary alicyclic amines) is 1. The van der Waals surface area contributed by atoms with E-state index in [-0.39, 0.29) is 17.2 Å². The minimum Gasteiger partial charge on any atom is -0.350 e. The van der Waals surface area contributed by atoms with Gasteiger partial charge in [0.05, 0.1) is 12.2 Å². The van der Waals surface area contributed by atoms with Crippen LogP contribution in [0.3, 0.4) is 0 Å². The van der Waals surface area contributed by atoms with Crippen molar-refractivity contribution < 1.29 is 14.0 Å². The quantitative estimate of drug-likeness (QED) is 0.770. The Labute approximate surface area is 176 Å². The van der Waals surface area contributed by atoms with Crippen LogP contribution in [0.15, 0.2) is 54.4 Å². The summed E-state index contributed by atoms with van der Waals surface area (Å²) in [5, 5.41) is 2.99. The van der Waals surface area contributed by atoms with Gasteiger partial charge in [0.1, 0.15) is 0 Å². The molecule has 1 aliphatic heterocycles. The summed E-state index contributed by atoms with van der Waals surface area (Å²) < 4.78 is 14.4. The SMILES string of the molecule is Cc1cccc(CNC(=O)C2CC23CCN(C(=O)C(F)=Cc2ccccc2)CC3)n1. The zero-order chi connectivity index (χ0) is 21.1. The van der Waals surface area contributed by atoms with Gasteiger partial charge in [0.25, 0.3) is 5.91 Å². The van der Waals surface area contributed by atoms with Crippen molar-refractivity contribution in [3.8, 4) is 0 Å². The predicted octanol–water partition coefficient (Wildman–Crippen LogP) is 3.65. The number of nitrogens with zero attached hydrogens (tertiary/aromatic N) is 2. The number of aryl methyl sites for hydroxylation is 1. The molecule has 30 heavy (non-hydrogen) atoms. The average molecular weight is 407 g/mol. The summed E-state index contributed by atoms with van der Waals surface area (Å²) in [6, 6.07) is 14.7. The van der Waals surface area contributed by atoms with Crippen molar-refractivity contribution in [2.75, 3.05) is 13.1 Å². The molecule has 1 N–H and O–H groups in total. The van der Waals surface area contributed by atoms with E-state index in [1.807, 2.05) is 43.3 Å². The Morgan fingerprint density at radius 3 is 2.60 bits per heavy atom. The summed E-state index contributed by atoms with van der Waals surface area (Å²) in [6.45, 7) is 3.32. The first kappa shape index (κ1) is 20.3. The van der Waals surface area contributed by atoms with Crippen molar-refractivity contribution in [3.05, 3.63) is 71.3 Å². The minimum absolute atomic E-state index is 0.0238. The number of benzene rings is 1. The molecule has 1 saturated carbocycles. The molecule has 5 nitrogen and oxygen atoms in total. The highest BCUT2D eigenvalue weighted by Crippen LogP contribution is 2.59. The molecule has 1 aromatic heterocycles. The molecular weight excluding hydrogens is 381 g/mol. The van der Waals surface area contributed by atoms with E-state index in [1.54, 1.807) is 17.0 Å². The summed E-state index contributed by atoms with van der Waals surface area (Å²) >= 11 is 0. The molecule has 1 unspecified atom stereocenters. The maximum Gasteiger partial charge on any atom is 0.282 e. The fourth-order valence-corrected chi connectivity index (χ4v) is 4.33. The molecule has 2 aliphatic rings. The first-order chi connectivity index (χ1) is 14.5. The summed E-state index contributed by atoms with van der Waals surface area (Å²) in [5.74, 6) is -1.29. The van der Waals surface area contributed by atoms with Crippen LogP contribution in [0.2, 0.25) is 0 Å². The second kappa shape index (κ2) is 8.38. The van der Waals surface area contributed by atoms with Crippen molar-refractivity contribution in [3.63, 3.8) is 0 Å². The number of halogens is 1. The van der Waals surface area contributed by atoms with Crippen LogP contribution in [0.4, 0.5) is 4.39 Å². The van der Waals surface area contributed by atoms with E-state index in [0.29, 0.717) is 25.2 Å². The van der Waals surface area contributed by atoms with Crippen molar-refractivity contribution >= 4 is 17.9 Å². The van der Waals surface area contributed by atoms with Gasteiger partial charge >= 0.3 is 0 Å². The maximum absolute atomic E-state index is 14.4. The monoisotopic (exact) mass is 407 g/mol. The fraction of sp³-hybridized carbons (Fsp3) is 0.375. The zero-order valence-electron chi connectivity index (χ0n) is 17.1. The number of piperidine rings is 1. The van der Waals surface area contributed by atoms with Gasteiger partial charge in [-0.25, -0.2) is 4.39 Å². The van der Waals surface area contributed by atoms with Gasteiger partial charge in [-0.3, -0.25) is 14.6 Å². The van der Waals surface area contributed by atoms with Crippen LogP contribution < -0.4 is 5.32 Å². The van der Waals surface area contributed by atoms with Crippen molar-refractivity contribution in [1.29, 1.82) is 0 Å². The molecule has 6 heteroatoms. The second-order valence-corrected chi connectivity index (χ2v) is 8.30. The van der Waals surface area contributed by atoms with Gasteiger partial charge in [0.15, 0.2) is 5.83 Å². The second-order valence-electron chi connectivity index (χ2n) is 8.30. The van der Waals surface area contributed by atoms with E-state index in [1.165, 1.54) is 6.08 Å². The Balaban J connectivity index is 1.28. The van der Waals surface area contributed by atoms with Gasteiger partial charge in [0.2, 0.25) is 5.91 Å². The zero-order valence-corrected chi connectivity index (χ0v) is 17.1. The van der Waals surface area contributed by atoms with Crippen LogP contribution in [0, 0.1) is 18.3 Å². The molecule has 156 valence electrons. The van der Waals surface area contributed by atoms with Crippen LogP contribution in [0.5, 0.6) is 0 Å². The Bertz CT molecular complexity index is 965. The maximum atomic E-state index is 14.4. The van der Waals surface area contributed by atoms with E-state index in [0.717, 1.165) is 30.7 Å². The molecule has 1 saturated heterocycles. The van der Waals surface area contributed by atoms with Gasteiger partial charge < -0.3 is 10.2 Å². The summed E-state index contributed by atoms with van der Waals surface area (Å²) in [4.78, 5) is 31.0. The number of amides is 2. The normalized spacial score (nSPS) is 20.1. The lowest BCUT2D eigenvalue weighted by atomic mass is 9.90. The highest BCUT2D eigenvalue weighted by atomic mass is 19.1. The van der Waals surface area contributed by atoms with Crippen molar-refractivity contribution in [2.45, 2.75) is 32.7 Å². The Morgan fingerprint density at radius 2 is 1.90 bits per heavy atom. The van der Waals surface area contributed by atoms with Crippen LogP contribution in [0.25, 0.3) is 6.08 Å². The van der Waals surface area contributed by atoms with Gasteiger partial charge in [-0.2, -0.15) is 0 Å². The predicted molar refractivity (Wildman–Crippen MR) is 113 cm³/mol. The summed E-state index contributed by atoms with van der Waals surface area (Å²) in [7, 11) is 0. The Hall–Kier alpha value is -3.02. The Morgan fingerprint density at radius 1 is 1.17 bits per heavy atom. The molecule has 1 aromatic carbocycles. The molecule has 0 radical (unpaired) electrons. The third kappa shape index (κ3) is 4.42. The standard InChI is InChI=1S/C24H26FN3O2/c1-17-6-5-9-19(27-17)16-26-22(29)20-15-24(20)10-12-28(13-11-24)23(30)21(25)14-18-7-3-2-4-8-18/h2-9,14,20H,10-13,15-16H2,1H3,(H,26,29). The van der Waals surface area contributed by atoms with Gasteiger partial charge in [0, 0.05) is 24.7 Å². The van der Waals surface area contributed by atoms with E-state index in [4.69, 9.17) is 0 Å². The first-order valence-corrected chi connectivity index (χ1v) is 10.4. The van der Waals surface area contributed by atoms with Crippen LogP contribution in [0.1, 0.15) is 36.2 Å². The molecule has 4 rings (SSSR count). The number of hydrogen-bond donors (Lipinski definition) is 1. The molecular formula is C24H26FN3O2. The highest BCUT2D eigenvalue weighted by molar-refractivity contribution is 5.95. The largest absolute Gasteiger partial charge is 0.350 e. The molecule has 2 aromatic rings. The van der Waals surface area contributed by atoms with Gasteiger partial charge in [-0.15, -0.1) is 0 Å². The number of nitrogens with one attached hydrogen (secondary N) is 1. The summed E-state index contributed by atoms with van der Waals surface area (Å²) in [6.07, 6.45) is 3.58. The lowest BCUT2D eigenvalue weighted by Gasteiger charge is -2.32. The third-order valence-corrected chi connectivity index (χ3v) is 6.24. The minimum atomic E-state index is -0.743. The molecule has 1 aliphatic carbocycles. The molecule has 1 spiro atoms. The molecule has 2 amide bonds. The average Bonchev–Trinajstić information content (AvgIpc) is 3.46. The number of carbonyl (C=O) groups is 2. The van der Waals surface area contributed by atoms with E-state index in [9.17, 15) is 14.0 Å². The molecule has 0 bridgehead atoms. The topological polar surface area (TPSA) is 62.3 Å². The number of carbonyl (C=O) groups excluding carboxylic acids is 2. The highest BCUT2D eigenvalue weighted by Gasteiger charge is 2.58. The van der Waals surface area contributed by atoms with Gasteiger partial charge in [-0.05, 0) is 55.4 Å². The van der Waals surface area contributed by atoms with E-state index in [2.05, 4.69) is 10.3 Å².